The molecule has 0 radical (unpaired) electrons. The number of unbranched alkanes of at least 4 members (excludes halogenated alkanes) is 20. The number of carbonyl (C=O) groups is 3. The Kier molecular flexibility index (Phi) is 36.7. The van der Waals surface area contributed by atoms with Crippen molar-refractivity contribution in [2.24, 2.45) is 0 Å². The molecule has 2 unspecified atom stereocenters. The number of esters is 2. The molecule has 0 saturated heterocycles. The summed E-state index contributed by atoms with van der Waals surface area (Å²) in [5.74, 6) is -1.74. The van der Waals surface area contributed by atoms with Crippen LogP contribution in [0.15, 0.2) is 36.5 Å². The second-order valence-corrected chi connectivity index (χ2v) is 16.3. The second-order valence-electron chi connectivity index (χ2n) is 16.3. The van der Waals surface area contributed by atoms with E-state index in [4.69, 9.17) is 14.2 Å². The summed E-state index contributed by atoms with van der Waals surface area (Å²) < 4.78 is 17.1. The van der Waals surface area contributed by atoms with Gasteiger partial charge in [0, 0.05) is 19.3 Å². The smallest absolute Gasteiger partial charge is 0.306 e. The van der Waals surface area contributed by atoms with E-state index >= 15 is 0 Å². The number of carboxylic acids is 1. The van der Waals surface area contributed by atoms with Crippen molar-refractivity contribution in [1.82, 2.24) is 0 Å². The first-order chi connectivity index (χ1) is 26.6. The van der Waals surface area contributed by atoms with Crippen LogP contribution in [0.2, 0.25) is 0 Å². The Hall–Kier alpha value is -2.45. The minimum absolute atomic E-state index is 0.0431. The van der Waals surface area contributed by atoms with Gasteiger partial charge in [-0.15, -0.1) is 0 Å². The Morgan fingerprint density at radius 2 is 1.02 bits per heavy atom. The fraction of sp³-hybridized carbons (Fsp3) is 0.809. The molecule has 0 aliphatic carbocycles. The van der Waals surface area contributed by atoms with Crippen molar-refractivity contribution in [2.45, 2.75) is 206 Å². The van der Waals surface area contributed by atoms with Crippen LogP contribution in [0.3, 0.4) is 0 Å². The molecule has 0 aliphatic rings. The summed E-state index contributed by atoms with van der Waals surface area (Å²) >= 11 is 0. The minimum atomic E-state index is -1.12. The van der Waals surface area contributed by atoms with E-state index in [1.54, 1.807) is 21.1 Å². The average molecular weight is 776 g/mol. The first kappa shape index (κ1) is 52.6. The zero-order valence-corrected chi connectivity index (χ0v) is 36.3. The van der Waals surface area contributed by atoms with Crippen molar-refractivity contribution in [3.05, 3.63) is 36.5 Å². The van der Waals surface area contributed by atoms with E-state index in [2.05, 4.69) is 50.3 Å². The summed E-state index contributed by atoms with van der Waals surface area (Å²) in [6, 6.07) is -0.722. The fourth-order valence-corrected chi connectivity index (χ4v) is 6.56. The largest absolute Gasteiger partial charge is 0.544 e. The molecule has 0 aliphatic heterocycles. The zero-order valence-electron chi connectivity index (χ0n) is 36.3. The Morgan fingerprint density at radius 3 is 1.51 bits per heavy atom. The summed E-state index contributed by atoms with van der Waals surface area (Å²) in [5, 5.41) is 11.6. The molecule has 0 bridgehead atoms. The number of nitrogens with zero attached hydrogens (tertiary/aromatic N) is 1. The van der Waals surface area contributed by atoms with Crippen LogP contribution in [-0.4, -0.2) is 75.5 Å². The van der Waals surface area contributed by atoms with Gasteiger partial charge in [-0.1, -0.05) is 166 Å². The van der Waals surface area contributed by atoms with E-state index in [-0.39, 0.29) is 42.7 Å². The van der Waals surface area contributed by atoms with Crippen LogP contribution in [0.5, 0.6) is 0 Å². The first-order valence-corrected chi connectivity index (χ1v) is 22.5. The Labute approximate surface area is 338 Å². The number of quaternary nitrogens is 1. The molecule has 0 saturated carbocycles. The van der Waals surface area contributed by atoms with E-state index in [1.165, 1.54) is 103 Å². The topological polar surface area (TPSA) is 102 Å². The zero-order chi connectivity index (χ0) is 40.7. The predicted octanol–water partition coefficient (Wildman–Crippen LogP) is 10.9. The van der Waals surface area contributed by atoms with Crippen LogP contribution >= 0.6 is 0 Å². The third-order valence-electron chi connectivity index (χ3n) is 10.0. The summed E-state index contributed by atoms with van der Waals surface area (Å²) in [4.78, 5) is 36.7. The number of carboxylic acid groups (broad SMARTS) is 1. The van der Waals surface area contributed by atoms with E-state index in [0.29, 0.717) is 12.8 Å². The van der Waals surface area contributed by atoms with E-state index in [9.17, 15) is 19.5 Å². The number of ether oxygens (including phenoxy) is 3. The third-order valence-corrected chi connectivity index (χ3v) is 10.0. The number of aliphatic carboxylic acids is 1. The van der Waals surface area contributed by atoms with Gasteiger partial charge in [0.05, 0.1) is 40.3 Å². The molecule has 0 rings (SSSR count). The van der Waals surface area contributed by atoms with Crippen LogP contribution < -0.4 is 5.11 Å². The van der Waals surface area contributed by atoms with Gasteiger partial charge in [0.25, 0.3) is 0 Å². The SMILES string of the molecule is CC/C=C/C/C=C/C/C=C/CCCCCCCCCCCCCCCC(=O)OC(COCCC(C(=O)[O-])[N+](C)(C)C)COC(=O)CCCCCCCCCC. The molecular weight excluding hydrogens is 691 g/mol. The molecule has 320 valence electrons. The highest BCUT2D eigenvalue weighted by atomic mass is 16.6. The second kappa shape index (κ2) is 38.4. The normalized spacial score (nSPS) is 13.3. The lowest BCUT2D eigenvalue weighted by Gasteiger charge is -2.34. The minimum Gasteiger partial charge on any atom is -0.544 e. The number of rotatable bonds is 40. The van der Waals surface area contributed by atoms with Crippen LogP contribution in [0.25, 0.3) is 0 Å². The van der Waals surface area contributed by atoms with Crippen molar-refractivity contribution in [3.63, 3.8) is 0 Å². The molecule has 8 heteroatoms. The number of hydrogen-bond acceptors (Lipinski definition) is 7. The van der Waals surface area contributed by atoms with Gasteiger partial charge in [0.1, 0.15) is 12.6 Å². The molecule has 0 amide bonds. The molecule has 0 fully saturated rings. The van der Waals surface area contributed by atoms with E-state index < -0.39 is 18.1 Å². The maximum Gasteiger partial charge on any atom is 0.306 e. The Bertz CT molecular complexity index is 1000. The molecule has 8 nitrogen and oxygen atoms in total. The quantitative estimate of drug-likeness (QED) is 0.0264. The van der Waals surface area contributed by atoms with Crippen LogP contribution in [0, 0.1) is 0 Å². The predicted molar refractivity (Wildman–Crippen MR) is 227 cm³/mol. The van der Waals surface area contributed by atoms with Gasteiger partial charge in [0.2, 0.25) is 0 Å². The van der Waals surface area contributed by atoms with Gasteiger partial charge in [-0.25, -0.2) is 0 Å². The average Bonchev–Trinajstić information content (AvgIpc) is 3.14. The number of hydrogen-bond donors (Lipinski definition) is 0. The molecule has 2 atom stereocenters. The molecular formula is C47H85NO7. The highest BCUT2D eigenvalue weighted by Crippen LogP contribution is 2.15. The van der Waals surface area contributed by atoms with Crippen molar-refractivity contribution >= 4 is 17.9 Å². The van der Waals surface area contributed by atoms with E-state index in [0.717, 1.165) is 57.8 Å². The maximum atomic E-state index is 12.7. The summed E-state index contributed by atoms with van der Waals surface area (Å²) in [6.07, 6.45) is 43.3. The van der Waals surface area contributed by atoms with Crippen LogP contribution in [0.4, 0.5) is 0 Å². The first-order valence-electron chi connectivity index (χ1n) is 22.5. The van der Waals surface area contributed by atoms with Crippen molar-refractivity contribution in [3.8, 4) is 0 Å². The third kappa shape index (κ3) is 36.9. The van der Waals surface area contributed by atoms with Crippen molar-refractivity contribution in [2.75, 3.05) is 41.0 Å². The van der Waals surface area contributed by atoms with Gasteiger partial charge in [-0.05, 0) is 44.9 Å². The van der Waals surface area contributed by atoms with Crippen LogP contribution in [-0.2, 0) is 28.6 Å². The Balaban J connectivity index is 4.15. The summed E-state index contributed by atoms with van der Waals surface area (Å²) in [6.45, 7) is 4.53. The molecule has 0 aromatic heterocycles. The number of allylic oxidation sites excluding steroid dienone is 6. The number of likely N-dealkylation sites (N-methyl/N-ethyl adjacent to an activating group) is 1. The van der Waals surface area contributed by atoms with Gasteiger partial charge in [-0.2, -0.15) is 0 Å². The molecule has 0 N–H and O–H groups in total. The molecule has 0 spiro atoms. The van der Waals surface area contributed by atoms with E-state index in [1.807, 2.05) is 0 Å². The Morgan fingerprint density at radius 1 is 0.564 bits per heavy atom. The highest BCUT2D eigenvalue weighted by Gasteiger charge is 2.25. The lowest BCUT2D eigenvalue weighted by Crippen LogP contribution is -2.55. The molecule has 0 aromatic rings. The maximum absolute atomic E-state index is 12.7. The number of carbonyl (C=O) groups excluding carboxylic acids is 3. The molecule has 0 aromatic carbocycles. The van der Waals surface area contributed by atoms with Gasteiger partial charge in [-0.3, -0.25) is 9.59 Å². The molecule has 55 heavy (non-hydrogen) atoms. The van der Waals surface area contributed by atoms with Gasteiger partial charge < -0.3 is 28.6 Å². The lowest BCUT2D eigenvalue weighted by atomic mass is 10.0. The van der Waals surface area contributed by atoms with Gasteiger partial charge in [0.15, 0.2) is 6.10 Å². The lowest BCUT2D eigenvalue weighted by molar-refractivity contribution is -0.889. The van der Waals surface area contributed by atoms with Crippen molar-refractivity contribution < 1.29 is 38.2 Å². The fourth-order valence-electron chi connectivity index (χ4n) is 6.56. The van der Waals surface area contributed by atoms with Gasteiger partial charge >= 0.3 is 11.9 Å². The monoisotopic (exact) mass is 776 g/mol. The highest BCUT2D eigenvalue weighted by molar-refractivity contribution is 5.70. The summed E-state index contributed by atoms with van der Waals surface area (Å²) in [5.41, 5.74) is 0. The standard InChI is InChI=1S/C47H85NO7/c1-6-8-10-12-14-16-17-18-19-20-21-22-23-24-25-26-27-28-29-30-32-34-36-38-46(50)55-43(41-53-40-39-44(47(51)52)48(3,4)5)42-54-45(49)37-35-33-31-15-13-11-9-7-2/h8,10,14,16,18-19,43-44H,6-7,9,11-13,15,17,20-42H2,1-5H3/b10-8+,16-14+,19-18+. The van der Waals surface area contributed by atoms with Crippen LogP contribution in [0.1, 0.15) is 194 Å². The van der Waals surface area contributed by atoms with Crippen molar-refractivity contribution in [1.29, 1.82) is 0 Å². The molecule has 0 heterocycles. The summed E-state index contributed by atoms with van der Waals surface area (Å²) in [7, 11) is 5.40.